The van der Waals surface area contributed by atoms with Crippen molar-refractivity contribution in [3.8, 4) is 6.26 Å². The average Bonchev–Trinajstić information content (AvgIpc) is 2.10. The molecule has 0 aromatic carbocycles. The first-order valence-corrected chi connectivity index (χ1v) is 3.57. The largest absolute Gasteiger partial charge is 0.398 e. The van der Waals surface area contributed by atoms with Gasteiger partial charge in [0.1, 0.15) is 0 Å². The molecule has 0 unspecified atom stereocenters. The molecule has 70 valence electrons. The number of methoxy groups -OCH3 is 1. The Hall–Kier alpha value is -0.830. The molecule has 0 spiro atoms. The van der Waals surface area contributed by atoms with Gasteiger partial charge >= 0.3 is 0 Å². The van der Waals surface area contributed by atoms with Gasteiger partial charge in [-0.3, -0.25) is 0 Å². The van der Waals surface area contributed by atoms with Crippen molar-refractivity contribution in [2.75, 3.05) is 40.3 Å². The molecule has 0 aromatic rings. The Bertz CT molecular complexity index is 123. The third kappa shape index (κ3) is 9.17. The number of ether oxygens (including phenoxy) is 4. The molecule has 0 aliphatic carbocycles. The molecule has 12 heavy (non-hydrogen) atoms. The second-order valence-electron chi connectivity index (χ2n) is 1.87. The molecule has 0 aromatic heterocycles. The van der Waals surface area contributed by atoms with Crippen LogP contribution < -0.4 is 0 Å². The summed E-state index contributed by atoms with van der Waals surface area (Å²) in [5.74, 6) is 0. The summed E-state index contributed by atoms with van der Waals surface area (Å²) in [7, 11) is 1.61. The molecule has 0 N–H and O–H groups in total. The van der Waals surface area contributed by atoms with Crippen molar-refractivity contribution in [2.24, 2.45) is 0 Å². The molecule has 0 aliphatic heterocycles. The molecule has 0 atom stereocenters. The van der Waals surface area contributed by atoms with Crippen LogP contribution in [0.25, 0.3) is 0 Å². The highest BCUT2D eigenvalue weighted by atomic mass is 16.7. The van der Waals surface area contributed by atoms with E-state index >= 15 is 0 Å². The lowest BCUT2D eigenvalue weighted by atomic mass is 10.7. The van der Waals surface area contributed by atoms with Crippen LogP contribution in [-0.4, -0.2) is 40.3 Å². The summed E-state index contributed by atoms with van der Waals surface area (Å²) in [6.45, 7) is 2.03. The molecule has 5 heteroatoms. The van der Waals surface area contributed by atoms with Crippen LogP contribution in [0.3, 0.4) is 0 Å². The Balaban J connectivity index is 2.78. The summed E-state index contributed by atoms with van der Waals surface area (Å²) in [4.78, 5) is 0. The first-order chi connectivity index (χ1) is 5.91. The van der Waals surface area contributed by atoms with E-state index < -0.39 is 0 Å². The van der Waals surface area contributed by atoms with Crippen LogP contribution in [0.5, 0.6) is 0 Å². The number of hydrogen-bond donors (Lipinski definition) is 0. The Morgan fingerprint density at radius 3 is 2.42 bits per heavy atom. The van der Waals surface area contributed by atoms with E-state index in [1.165, 1.54) is 6.26 Å². The topological polar surface area (TPSA) is 60.7 Å². The van der Waals surface area contributed by atoms with Gasteiger partial charge in [-0.2, -0.15) is 5.26 Å². The lowest BCUT2D eigenvalue weighted by molar-refractivity contribution is -0.0356. The van der Waals surface area contributed by atoms with Gasteiger partial charge in [0.15, 0.2) is 0 Å². The average molecular weight is 175 g/mol. The fraction of sp³-hybridized carbons (Fsp3) is 0.857. The molecule has 0 bridgehead atoms. The van der Waals surface area contributed by atoms with Gasteiger partial charge in [-0.15, -0.1) is 0 Å². The lowest BCUT2D eigenvalue weighted by Gasteiger charge is -2.03. The first-order valence-electron chi connectivity index (χ1n) is 3.57. The summed E-state index contributed by atoms with van der Waals surface area (Å²) < 4.78 is 18.9. The summed E-state index contributed by atoms with van der Waals surface area (Å²) in [5, 5.41) is 7.94. The van der Waals surface area contributed by atoms with Crippen molar-refractivity contribution in [3.63, 3.8) is 0 Å². The standard InChI is InChI=1S/C7H13NO4/c1-9-2-3-10-4-5-11-7-12-6-8/h2-5,7H2,1H3. The van der Waals surface area contributed by atoms with Crippen molar-refractivity contribution in [2.45, 2.75) is 0 Å². The predicted octanol–water partition coefficient (Wildman–Crippen LogP) is 0.121. The van der Waals surface area contributed by atoms with Crippen LogP contribution in [0.15, 0.2) is 0 Å². The fourth-order valence-corrected chi connectivity index (χ4v) is 0.489. The highest BCUT2D eigenvalue weighted by molar-refractivity contribution is 4.42. The van der Waals surface area contributed by atoms with E-state index in [4.69, 9.17) is 19.5 Å². The highest BCUT2D eigenvalue weighted by Crippen LogP contribution is 1.79. The predicted molar refractivity (Wildman–Crippen MR) is 40.2 cm³/mol. The Morgan fingerprint density at radius 2 is 1.75 bits per heavy atom. The van der Waals surface area contributed by atoms with Crippen LogP contribution >= 0.6 is 0 Å². The van der Waals surface area contributed by atoms with Crippen molar-refractivity contribution in [3.05, 3.63) is 0 Å². The first kappa shape index (κ1) is 11.2. The van der Waals surface area contributed by atoms with E-state index in [0.29, 0.717) is 26.4 Å². The van der Waals surface area contributed by atoms with Crippen LogP contribution in [0, 0.1) is 11.5 Å². The van der Waals surface area contributed by atoms with Crippen LogP contribution in [-0.2, 0) is 18.9 Å². The van der Waals surface area contributed by atoms with E-state index in [0.717, 1.165) is 0 Å². The molecule has 0 saturated heterocycles. The zero-order valence-electron chi connectivity index (χ0n) is 7.12. The van der Waals surface area contributed by atoms with E-state index in [1.807, 2.05) is 0 Å². The molecular formula is C7H13NO4. The van der Waals surface area contributed by atoms with Gasteiger partial charge in [0.2, 0.25) is 6.79 Å². The molecule has 0 rings (SSSR count). The molecule has 0 fully saturated rings. The van der Waals surface area contributed by atoms with Gasteiger partial charge in [0.05, 0.1) is 26.4 Å². The summed E-state index contributed by atoms with van der Waals surface area (Å²) in [6, 6.07) is 0. The molecule has 0 heterocycles. The van der Waals surface area contributed by atoms with E-state index in [1.54, 1.807) is 7.11 Å². The minimum absolute atomic E-state index is 0.00978. The monoisotopic (exact) mass is 175 g/mol. The summed E-state index contributed by atoms with van der Waals surface area (Å²) in [5.41, 5.74) is 0. The van der Waals surface area contributed by atoms with Crippen molar-refractivity contribution in [1.82, 2.24) is 0 Å². The quantitative estimate of drug-likeness (QED) is 0.298. The number of rotatable bonds is 8. The number of nitriles is 1. The second-order valence-corrected chi connectivity index (χ2v) is 1.87. The van der Waals surface area contributed by atoms with E-state index in [9.17, 15) is 0 Å². The van der Waals surface area contributed by atoms with Gasteiger partial charge in [-0.25, -0.2) is 0 Å². The third-order valence-corrected chi connectivity index (χ3v) is 1.01. The van der Waals surface area contributed by atoms with E-state index in [2.05, 4.69) is 4.74 Å². The maximum absolute atomic E-state index is 7.94. The minimum Gasteiger partial charge on any atom is -0.398 e. The molecule has 5 nitrogen and oxygen atoms in total. The normalized spacial score (nSPS) is 9.33. The van der Waals surface area contributed by atoms with Crippen LogP contribution in [0.2, 0.25) is 0 Å². The van der Waals surface area contributed by atoms with Crippen molar-refractivity contribution >= 4 is 0 Å². The Labute approximate surface area is 71.8 Å². The molecule has 0 radical (unpaired) electrons. The van der Waals surface area contributed by atoms with Gasteiger partial charge in [-0.05, 0) is 0 Å². The molecule has 0 aliphatic rings. The number of hydrogen-bond acceptors (Lipinski definition) is 5. The number of nitrogens with zero attached hydrogens (tertiary/aromatic N) is 1. The van der Waals surface area contributed by atoms with Gasteiger partial charge < -0.3 is 18.9 Å². The maximum Gasteiger partial charge on any atom is 0.288 e. The fourth-order valence-electron chi connectivity index (χ4n) is 0.489. The SMILES string of the molecule is COCCOCCOCOC#N. The van der Waals surface area contributed by atoms with Crippen molar-refractivity contribution in [1.29, 1.82) is 5.26 Å². The van der Waals surface area contributed by atoms with Crippen LogP contribution in [0.4, 0.5) is 0 Å². The van der Waals surface area contributed by atoms with Crippen molar-refractivity contribution < 1.29 is 18.9 Å². The third-order valence-electron chi connectivity index (χ3n) is 1.01. The molecule has 0 saturated carbocycles. The van der Waals surface area contributed by atoms with Gasteiger partial charge in [0.25, 0.3) is 6.26 Å². The highest BCUT2D eigenvalue weighted by Gasteiger charge is 1.88. The molecular weight excluding hydrogens is 162 g/mol. The van der Waals surface area contributed by atoms with Gasteiger partial charge in [-0.1, -0.05) is 0 Å². The molecule has 0 amide bonds. The lowest BCUT2D eigenvalue weighted by Crippen LogP contribution is -2.09. The maximum atomic E-state index is 7.94. The van der Waals surface area contributed by atoms with Gasteiger partial charge in [0, 0.05) is 7.11 Å². The van der Waals surface area contributed by atoms with E-state index in [-0.39, 0.29) is 6.79 Å². The zero-order chi connectivity index (χ0) is 9.07. The van der Waals surface area contributed by atoms with Crippen LogP contribution in [0.1, 0.15) is 0 Å². The second kappa shape index (κ2) is 10.2. The summed E-state index contributed by atoms with van der Waals surface area (Å²) in [6.07, 6.45) is 1.49. The Morgan fingerprint density at radius 1 is 1.08 bits per heavy atom. The Kier molecular flexibility index (Phi) is 9.47. The zero-order valence-corrected chi connectivity index (χ0v) is 7.12. The smallest absolute Gasteiger partial charge is 0.288 e. The minimum atomic E-state index is -0.00978. The summed E-state index contributed by atoms with van der Waals surface area (Å²) >= 11 is 0.